The molecule has 0 radical (unpaired) electrons. The van der Waals surface area contributed by atoms with E-state index >= 15 is 0 Å². The maximum atomic E-state index is 3.52. The second-order valence-corrected chi connectivity index (χ2v) is 4.05. The van der Waals surface area contributed by atoms with Gasteiger partial charge in [0, 0.05) is 12.6 Å². The predicted molar refractivity (Wildman–Crippen MR) is 54.2 cm³/mol. The summed E-state index contributed by atoms with van der Waals surface area (Å²) >= 11 is 0. The second kappa shape index (κ2) is 4.66. The summed E-state index contributed by atoms with van der Waals surface area (Å²) in [6.45, 7) is 7.83. The number of hydrogen-bond donors (Lipinski definition) is 1. The van der Waals surface area contributed by atoms with E-state index in [4.69, 9.17) is 0 Å². The first-order valence-corrected chi connectivity index (χ1v) is 5.13. The normalized spacial score (nSPS) is 21.1. The van der Waals surface area contributed by atoms with Crippen LogP contribution in [0.3, 0.4) is 0 Å². The molecule has 0 amide bonds. The van der Waals surface area contributed by atoms with Gasteiger partial charge in [-0.3, -0.25) is 0 Å². The van der Waals surface area contributed by atoms with E-state index in [2.05, 4.69) is 32.2 Å². The van der Waals surface area contributed by atoms with Gasteiger partial charge in [0.2, 0.25) is 0 Å². The van der Waals surface area contributed by atoms with Crippen molar-refractivity contribution in [3.05, 3.63) is 11.6 Å². The summed E-state index contributed by atoms with van der Waals surface area (Å²) in [5.74, 6) is 0.742. The van der Waals surface area contributed by atoms with Gasteiger partial charge in [0.05, 0.1) is 0 Å². The van der Waals surface area contributed by atoms with Crippen LogP contribution in [0.25, 0.3) is 0 Å². The first kappa shape index (κ1) is 9.79. The molecule has 1 unspecified atom stereocenters. The Morgan fingerprint density at radius 2 is 2.25 bits per heavy atom. The average Bonchev–Trinajstić information content (AvgIpc) is 2.83. The molecule has 1 aliphatic rings. The fourth-order valence-electron chi connectivity index (χ4n) is 1.26. The Balaban J connectivity index is 2.15. The number of rotatable bonds is 5. The van der Waals surface area contributed by atoms with E-state index in [0.717, 1.165) is 18.5 Å². The van der Waals surface area contributed by atoms with Gasteiger partial charge < -0.3 is 5.32 Å². The molecule has 0 aromatic rings. The van der Waals surface area contributed by atoms with Crippen LogP contribution in [0.1, 0.15) is 40.0 Å². The Hall–Kier alpha value is -0.300. The summed E-state index contributed by atoms with van der Waals surface area (Å²) in [6, 6.07) is 0.838. The van der Waals surface area contributed by atoms with E-state index in [1.807, 2.05) is 0 Å². The third kappa shape index (κ3) is 3.91. The number of allylic oxidation sites excluding steroid dienone is 1. The highest BCUT2D eigenvalue weighted by Gasteiger charge is 2.19. The molecular formula is C11H21N. The SMILES string of the molecule is CCC(C)C=C(C)CNC1CC1. The lowest BCUT2D eigenvalue weighted by atomic mass is 10.1. The van der Waals surface area contributed by atoms with Crippen molar-refractivity contribution in [3.63, 3.8) is 0 Å². The van der Waals surface area contributed by atoms with E-state index in [0.29, 0.717) is 0 Å². The number of hydrogen-bond acceptors (Lipinski definition) is 1. The van der Waals surface area contributed by atoms with Crippen LogP contribution in [0.15, 0.2) is 11.6 Å². The third-order valence-electron chi connectivity index (χ3n) is 2.46. The molecule has 1 fully saturated rings. The third-order valence-corrected chi connectivity index (χ3v) is 2.46. The number of nitrogens with one attached hydrogen (secondary N) is 1. The quantitative estimate of drug-likeness (QED) is 0.621. The molecule has 0 spiro atoms. The van der Waals surface area contributed by atoms with Gasteiger partial charge in [0.1, 0.15) is 0 Å². The van der Waals surface area contributed by atoms with Gasteiger partial charge >= 0.3 is 0 Å². The minimum atomic E-state index is 0.742. The zero-order valence-electron chi connectivity index (χ0n) is 8.56. The summed E-state index contributed by atoms with van der Waals surface area (Å²) in [5.41, 5.74) is 1.50. The lowest BCUT2D eigenvalue weighted by molar-refractivity contribution is 0.676. The summed E-state index contributed by atoms with van der Waals surface area (Å²) < 4.78 is 0. The van der Waals surface area contributed by atoms with E-state index in [1.54, 1.807) is 0 Å². The van der Waals surface area contributed by atoms with Crippen LogP contribution < -0.4 is 5.32 Å². The second-order valence-electron chi connectivity index (χ2n) is 4.05. The highest BCUT2D eigenvalue weighted by atomic mass is 14.9. The van der Waals surface area contributed by atoms with Crippen molar-refractivity contribution in [2.24, 2.45) is 5.92 Å². The van der Waals surface area contributed by atoms with Crippen molar-refractivity contribution in [1.29, 1.82) is 0 Å². The molecule has 0 bridgehead atoms. The van der Waals surface area contributed by atoms with Gasteiger partial charge in [-0.1, -0.05) is 31.9 Å². The molecule has 1 nitrogen and oxygen atoms in total. The van der Waals surface area contributed by atoms with Gasteiger partial charge in [-0.25, -0.2) is 0 Å². The topological polar surface area (TPSA) is 12.0 Å². The van der Waals surface area contributed by atoms with E-state index in [-0.39, 0.29) is 0 Å². The van der Waals surface area contributed by atoms with Gasteiger partial charge in [-0.15, -0.1) is 0 Å². The summed E-state index contributed by atoms with van der Waals surface area (Å²) in [6.07, 6.45) is 6.41. The molecule has 0 heterocycles. The van der Waals surface area contributed by atoms with Crippen LogP contribution in [-0.2, 0) is 0 Å². The van der Waals surface area contributed by atoms with Crippen molar-refractivity contribution in [3.8, 4) is 0 Å². The fourth-order valence-corrected chi connectivity index (χ4v) is 1.26. The fraction of sp³-hybridized carbons (Fsp3) is 0.818. The van der Waals surface area contributed by atoms with Crippen LogP contribution in [0.4, 0.5) is 0 Å². The molecule has 12 heavy (non-hydrogen) atoms. The van der Waals surface area contributed by atoms with Crippen LogP contribution >= 0.6 is 0 Å². The van der Waals surface area contributed by atoms with Crippen LogP contribution in [0.5, 0.6) is 0 Å². The molecule has 1 atom stereocenters. The maximum Gasteiger partial charge on any atom is 0.0164 e. The van der Waals surface area contributed by atoms with Crippen molar-refractivity contribution in [2.45, 2.75) is 46.1 Å². The van der Waals surface area contributed by atoms with Crippen molar-refractivity contribution >= 4 is 0 Å². The monoisotopic (exact) mass is 167 g/mol. The molecule has 1 aliphatic carbocycles. The maximum absolute atomic E-state index is 3.52. The lowest BCUT2D eigenvalue weighted by Crippen LogP contribution is -2.18. The Labute approximate surface area is 76.2 Å². The molecule has 1 N–H and O–H groups in total. The summed E-state index contributed by atoms with van der Waals surface area (Å²) in [5, 5.41) is 3.52. The summed E-state index contributed by atoms with van der Waals surface area (Å²) in [7, 11) is 0. The van der Waals surface area contributed by atoms with E-state index in [9.17, 15) is 0 Å². The largest absolute Gasteiger partial charge is 0.310 e. The molecule has 1 rings (SSSR count). The molecule has 0 aromatic heterocycles. The Morgan fingerprint density at radius 1 is 1.58 bits per heavy atom. The Kier molecular flexibility index (Phi) is 3.80. The van der Waals surface area contributed by atoms with E-state index < -0.39 is 0 Å². The van der Waals surface area contributed by atoms with Crippen LogP contribution in [0.2, 0.25) is 0 Å². The Bertz CT molecular complexity index is 156. The van der Waals surface area contributed by atoms with Crippen LogP contribution in [-0.4, -0.2) is 12.6 Å². The van der Waals surface area contributed by atoms with Gasteiger partial charge in [0.15, 0.2) is 0 Å². The zero-order valence-corrected chi connectivity index (χ0v) is 8.56. The average molecular weight is 167 g/mol. The molecule has 0 aliphatic heterocycles. The highest BCUT2D eigenvalue weighted by Crippen LogP contribution is 2.18. The van der Waals surface area contributed by atoms with Gasteiger partial charge in [-0.05, 0) is 25.7 Å². The molecule has 70 valence electrons. The predicted octanol–water partition coefficient (Wildman–Crippen LogP) is 2.73. The summed E-state index contributed by atoms with van der Waals surface area (Å²) in [4.78, 5) is 0. The lowest BCUT2D eigenvalue weighted by Gasteiger charge is -2.06. The van der Waals surface area contributed by atoms with Gasteiger partial charge in [-0.2, -0.15) is 0 Å². The highest BCUT2D eigenvalue weighted by molar-refractivity contribution is 5.03. The Morgan fingerprint density at radius 3 is 2.75 bits per heavy atom. The van der Waals surface area contributed by atoms with Crippen molar-refractivity contribution in [2.75, 3.05) is 6.54 Å². The minimum Gasteiger partial charge on any atom is -0.310 e. The standard InChI is InChI=1S/C11H21N/c1-4-9(2)7-10(3)8-12-11-5-6-11/h7,9,11-12H,4-6,8H2,1-3H3. The van der Waals surface area contributed by atoms with Crippen LogP contribution in [0, 0.1) is 5.92 Å². The van der Waals surface area contributed by atoms with Crippen molar-refractivity contribution < 1.29 is 0 Å². The van der Waals surface area contributed by atoms with E-state index in [1.165, 1.54) is 24.8 Å². The molecule has 0 saturated heterocycles. The first-order valence-electron chi connectivity index (χ1n) is 5.13. The minimum absolute atomic E-state index is 0.742. The first-order chi connectivity index (χ1) is 5.72. The van der Waals surface area contributed by atoms with Crippen molar-refractivity contribution in [1.82, 2.24) is 5.32 Å². The molecular weight excluding hydrogens is 146 g/mol. The molecule has 1 saturated carbocycles. The zero-order chi connectivity index (χ0) is 8.97. The van der Waals surface area contributed by atoms with Gasteiger partial charge in [0.25, 0.3) is 0 Å². The smallest absolute Gasteiger partial charge is 0.0164 e. The molecule has 1 heteroatoms. The molecule has 0 aromatic carbocycles.